The van der Waals surface area contributed by atoms with Crippen LogP contribution in [0.25, 0.3) is 0 Å². The van der Waals surface area contributed by atoms with Crippen molar-refractivity contribution in [1.29, 1.82) is 0 Å². The molecule has 0 heterocycles. The zero-order chi connectivity index (χ0) is 47.1. The molecule has 16 heteroatoms. The van der Waals surface area contributed by atoms with Crippen molar-refractivity contribution < 1.29 is 78.1 Å². The van der Waals surface area contributed by atoms with E-state index in [9.17, 15) is 4.79 Å². The Labute approximate surface area is 355 Å². The summed E-state index contributed by atoms with van der Waals surface area (Å²) in [4.78, 5) is 19.9. The van der Waals surface area contributed by atoms with Crippen LogP contribution in [0.15, 0.2) is 72.8 Å². The average Bonchev–Trinajstić information content (AvgIpc) is 3.27. The van der Waals surface area contributed by atoms with E-state index in [1.165, 1.54) is 26.4 Å². The van der Waals surface area contributed by atoms with Crippen molar-refractivity contribution in [1.82, 2.24) is 0 Å². The highest BCUT2D eigenvalue weighted by atomic mass is 16.5. The van der Waals surface area contributed by atoms with Crippen molar-refractivity contribution in [3.8, 4) is 34.5 Å². The zero-order valence-corrected chi connectivity index (χ0v) is 37.5. The van der Waals surface area contributed by atoms with Crippen molar-refractivity contribution in [2.75, 3.05) is 71.1 Å². The fourth-order valence-electron chi connectivity index (χ4n) is 4.04. The molecule has 0 saturated heterocycles. The van der Waals surface area contributed by atoms with E-state index < -0.39 is 11.9 Å². The molecule has 0 aliphatic carbocycles. The lowest BCUT2D eigenvalue weighted by atomic mass is 10.1. The van der Waals surface area contributed by atoms with Gasteiger partial charge in [-0.1, -0.05) is 38.1 Å². The number of aromatic carboxylic acids is 1. The van der Waals surface area contributed by atoms with Gasteiger partial charge < -0.3 is 68.5 Å². The number of ether oxygens (including phenoxy) is 8. The van der Waals surface area contributed by atoms with Crippen LogP contribution in [0, 0.1) is 6.92 Å². The Hall–Kier alpha value is -5.62. The molecule has 0 bridgehead atoms. The Balaban J connectivity index is -0.000000322. The summed E-state index contributed by atoms with van der Waals surface area (Å²) in [5, 5.41) is 51.7. The third-order valence-electron chi connectivity index (χ3n) is 6.59. The van der Waals surface area contributed by atoms with Crippen LogP contribution in [-0.4, -0.2) is 114 Å². The molecule has 60 heavy (non-hydrogen) atoms. The van der Waals surface area contributed by atoms with Gasteiger partial charge in [0.05, 0.1) is 69.1 Å². The molecule has 4 aromatic carbocycles. The first-order valence-electron chi connectivity index (χ1n) is 18.0. The predicted octanol–water partition coefficient (Wildman–Crippen LogP) is 6.42. The molecule has 0 spiro atoms. The number of aliphatic hydroxyl groups is 4. The Bertz CT molecular complexity index is 1540. The van der Waals surface area contributed by atoms with Crippen molar-refractivity contribution in [3.05, 3.63) is 106 Å². The second kappa shape index (κ2) is 40.2. The van der Waals surface area contributed by atoms with Crippen LogP contribution < -0.4 is 28.4 Å². The zero-order valence-electron chi connectivity index (χ0n) is 37.5. The normalized spacial score (nSPS) is 8.83. The van der Waals surface area contributed by atoms with E-state index in [0.717, 1.165) is 52.2 Å². The van der Waals surface area contributed by atoms with E-state index in [0.29, 0.717) is 5.56 Å². The molecule has 0 amide bonds. The van der Waals surface area contributed by atoms with Gasteiger partial charge in [-0.3, -0.25) is 4.79 Å². The standard InChI is InChI=1S/C10H12O5.C10H14O3.2C8H10O2.C2H4O2.2C2H6O.C2H6/c1-14-7-3-6(5-11)4-8(15-2)9(7)10(12)13;1-7-9(12-2)4-8(6-11)5-10(7)13-3;2*1-10-8-4-2-3-7(5-8)6-9;1-2(3)4;2*1-3-2;1-2/h3-4,11H,5H2,1-2H3,(H,12,13);4-5,11H,6H2,1-3H3;2*2-5,9H,6H2,1H3;1H3,(H,3,4);2*1-2H3;1-2H3. The molecular formula is C44H68O16. The maximum Gasteiger partial charge on any atom is 0.343 e. The minimum absolute atomic E-state index is 0.00694. The maximum atomic E-state index is 10.9. The number of hydrogen-bond donors (Lipinski definition) is 6. The second-order valence-corrected chi connectivity index (χ2v) is 11.0. The molecule has 0 aliphatic rings. The lowest BCUT2D eigenvalue weighted by Crippen LogP contribution is -2.05. The van der Waals surface area contributed by atoms with Gasteiger partial charge in [-0.25, -0.2) is 4.79 Å². The van der Waals surface area contributed by atoms with Crippen LogP contribution in [0.2, 0.25) is 0 Å². The minimum atomic E-state index is -1.13. The number of rotatable bonds is 11. The molecule has 4 rings (SSSR count). The fourth-order valence-corrected chi connectivity index (χ4v) is 4.04. The summed E-state index contributed by atoms with van der Waals surface area (Å²) in [5.41, 5.74) is 3.98. The summed E-state index contributed by atoms with van der Waals surface area (Å²) in [7, 11) is 15.6. The van der Waals surface area contributed by atoms with Gasteiger partial charge in [-0.15, -0.1) is 0 Å². The lowest BCUT2D eigenvalue weighted by Gasteiger charge is -2.11. The number of carbonyl (C=O) groups is 2. The van der Waals surface area contributed by atoms with Crippen LogP contribution >= 0.6 is 0 Å². The molecule has 0 radical (unpaired) electrons. The molecule has 340 valence electrons. The summed E-state index contributed by atoms with van der Waals surface area (Å²) in [5.74, 6) is 1.43. The number of aliphatic carboxylic acids is 1. The van der Waals surface area contributed by atoms with Crippen molar-refractivity contribution in [2.24, 2.45) is 0 Å². The van der Waals surface area contributed by atoms with Crippen LogP contribution in [0.3, 0.4) is 0 Å². The van der Waals surface area contributed by atoms with E-state index in [1.54, 1.807) is 81.1 Å². The number of hydrogen-bond acceptors (Lipinski definition) is 14. The summed E-state index contributed by atoms with van der Waals surface area (Å²) < 4.78 is 38.5. The van der Waals surface area contributed by atoms with Gasteiger partial charge in [0.25, 0.3) is 5.97 Å². The number of carboxylic acids is 2. The molecule has 0 aromatic heterocycles. The second-order valence-electron chi connectivity index (χ2n) is 11.0. The Morgan fingerprint density at radius 2 is 0.733 bits per heavy atom. The van der Waals surface area contributed by atoms with Crippen molar-refractivity contribution in [3.63, 3.8) is 0 Å². The van der Waals surface area contributed by atoms with Gasteiger partial charge in [0.1, 0.15) is 40.1 Å². The molecule has 16 nitrogen and oxygen atoms in total. The monoisotopic (exact) mass is 852 g/mol. The van der Waals surface area contributed by atoms with Gasteiger partial charge in [-0.05, 0) is 77.7 Å². The summed E-state index contributed by atoms with van der Waals surface area (Å²) in [6, 6.07) is 21.2. The molecular weight excluding hydrogens is 784 g/mol. The predicted molar refractivity (Wildman–Crippen MR) is 231 cm³/mol. The maximum absolute atomic E-state index is 10.9. The highest BCUT2D eigenvalue weighted by molar-refractivity contribution is 5.94. The summed E-state index contributed by atoms with van der Waals surface area (Å²) >= 11 is 0. The van der Waals surface area contributed by atoms with Crippen LogP contribution in [0.1, 0.15) is 58.9 Å². The fraction of sp³-hybridized carbons (Fsp3) is 0.409. The van der Waals surface area contributed by atoms with Crippen LogP contribution in [0.5, 0.6) is 34.5 Å². The highest BCUT2D eigenvalue weighted by Crippen LogP contribution is 2.31. The molecule has 4 aromatic rings. The average molecular weight is 853 g/mol. The largest absolute Gasteiger partial charge is 0.497 e. The minimum Gasteiger partial charge on any atom is -0.497 e. The summed E-state index contributed by atoms with van der Waals surface area (Å²) in [6.07, 6.45) is 0. The quantitative estimate of drug-likeness (QED) is 0.0957. The number of aliphatic hydroxyl groups excluding tert-OH is 4. The third kappa shape index (κ3) is 27.9. The SMILES string of the molecule is CC.CC(=O)O.COC.COC.COc1cc(CO)cc(OC)c1C.COc1cc(CO)cc(OC)c1C(=O)O.COc1cccc(CO)c1.COc1cccc(CO)c1. The van der Waals surface area contributed by atoms with Gasteiger partial charge in [0.2, 0.25) is 0 Å². The van der Waals surface area contributed by atoms with Crippen molar-refractivity contribution >= 4 is 11.9 Å². The van der Waals surface area contributed by atoms with E-state index in [1.807, 2.05) is 57.2 Å². The van der Waals surface area contributed by atoms with E-state index >= 15 is 0 Å². The van der Waals surface area contributed by atoms with Crippen LogP contribution in [-0.2, 0) is 40.7 Å². The van der Waals surface area contributed by atoms with E-state index in [-0.39, 0.29) is 43.5 Å². The first-order valence-corrected chi connectivity index (χ1v) is 18.0. The molecule has 0 unspecified atom stereocenters. The van der Waals surface area contributed by atoms with Gasteiger partial charge in [-0.2, -0.15) is 0 Å². The number of carboxylic acid groups (broad SMARTS) is 2. The topological polar surface area (TPSA) is 229 Å². The van der Waals surface area contributed by atoms with E-state index in [4.69, 9.17) is 63.9 Å². The van der Waals surface area contributed by atoms with Gasteiger partial charge >= 0.3 is 5.97 Å². The third-order valence-corrected chi connectivity index (χ3v) is 6.59. The Morgan fingerprint density at radius 1 is 0.467 bits per heavy atom. The molecule has 0 fully saturated rings. The number of benzene rings is 4. The first-order chi connectivity index (χ1) is 28.6. The molecule has 0 aliphatic heterocycles. The van der Waals surface area contributed by atoms with Crippen LogP contribution in [0.4, 0.5) is 0 Å². The van der Waals surface area contributed by atoms with E-state index in [2.05, 4.69) is 9.47 Å². The molecule has 0 atom stereocenters. The van der Waals surface area contributed by atoms with Gasteiger partial charge in [0, 0.05) is 40.9 Å². The Morgan fingerprint density at radius 3 is 0.950 bits per heavy atom. The summed E-state index contributed by atoms with van der Waals surface area (Å²) in [6.45, 7) is 6.92. The van der Waals surface area contributed by atoms with Gasteiger partial charge in [0.15, 0.2) is 0 Å². The van der Waals surface area contributed by atoms with Crippen molar-refractivity contribution in [2.45, 2.75) is 54.1 Å². The molecule has 6 N–H and O–H groups in total. The Kier molecular flexibility index (Phi) is 40.9. The lowest BCUT2D eigenvalue weighted by molar-refractivity contribution is -0.134. The smallest absolute Gasteiger partial charge is 0.343 e. The highest BCUT2D eigenvalue weighted by Gasteiger charge is 2.18. The molecule has 0 saturated carbocycles. The number of methoxy groups -OCH3 is 8. The first kappa shape index (κ1) is 61.0.